The maximum Gasteiger partial charge on any atom is 0.0579 e. The number of fused-ring (bicyclic) bond motifs is 5. The van der Waals surface area contributed by atoms with Gasteiger partial charge in [-0.2, -0.15) is 0 Å². The molecule has 0 radical (unpaired) electrons. The minimum atomic E-state index is -0.353. The van der Waals surface area contributed by atoms with Crippen molar-refractivity contribution in [2.24, 2.45) is 52.3 Å². The maximum atomic E-state index is 11.4. The van der Waals surface area contributed by atoms with Gasteiger partial charge in [0.05, 0.1) is 24.4 Å². The normalized spacial score (nSPS) is 51.7. The van der Waals surface area contributed by atoms with Gasteiger partial charge < -0.3 is 20.4 Å². The zero-order chi connectivity index (χ0) is 22.7. The Kier molecular flexibility index (Phi) is 6.62. The van der Waals surface area contributed by atoms with Crippen LogP contribution in [0.3, 0.4) is 0 Å². The maximum absolute atomic E-state index is 11.4. The van der Waals surface area contributed by atoms with Crippen molar-refractivity contribution < 1.29 is 20.4 Å². The summed E-state index contributed by atoms with van der Waals surface area (Å²) in [4.78, 5) is 0. The van der Waals surface area contributed by atoms with E-state index in [-0.39, 0.29) is 47.1 Å². The molecule has 0 spiro atoms. The molecular weight excluding hydrogens is 388 g/mol. The molecule has 4 saturated carbocycles. The quantitative estimate of drug-likeness (QED) is 0.515. The lowest BCUT2D eigenvalue weighted by atomic mass is 9.43. The minimum Gasteiger partial charge on any atom is -0.393 e. The lowest BCUT2D eigenvalue weighted by Crippen LogP contribution is -2.59. The van der Waals surface area contributed by atoms with Crippen molar-refractivity contribution in [2.75, 3.05) is 0 Å². The number of hydrogen-bond donors (Lipinski definition) is 4. The fourth-order valence-corrected chi connectivity index (χ4v) is 9.24. The van der Waals surface area contributed by atoms with Gasteiger partial charge in [0.1, 0.15) is 0 Å². The summed E-state index contributed by atoms with van der Waals surface area (Å²) in [5.74, 6) is 2.70. The summed E-state index contributed by atoms with van der Waals surface area (Å²) in [6.45, 7) is 11.3. The second-order valence-electron chi connectivity index (χ2n) is 13.0. The molecule has 4 rings (SSSR count). The van der Waals surface area contributed by atoms with Crippen molar-refractivity contribution in [3.8, 4) is 0 Å². The van der Waals surface area contributed by atoms with E-state index in [0.29, 0.717) is 29.6 Å². The van der Waals surface area contributed by atoms with E-state index in [2.05, 4.69) is 34.6 Å². The van der Waals surface area contributed by atoms with Crippen LogP contribution in [0.5, 0.6) is 0 Å². The number of rotatable bonds is 5. The Balaban J connectivity index is 1.54. The molecule has 12 atom stereocenters. The molecule has 0 heterocycles. The van der Waals surface area contributed by atoms with Crippen LogP contribution < -0.4 is 0 Å². The number of aliphatic hydroxyl groups excluding tert-OH is 4. The van der Waals surface area contributed by atoms with E-state index in [0.717, 1.165) is 44.9 Å². The number of aliphatic hydroxyl groups is 4. The van der Waals surface area contributed by atoms with Crippen LogP contribution in [0.15, 0.2) is 0 Å². The molecule has 0 aromatic heterocycles. The smallest absolute Gasteiger partial charge is 0.0579 e. The van der Waals surface area contributed by atoms with E-state index in [4.69, 9.17) is 0 Å². The van der Waals surface area contributed by atoms with Gasteiger partial charge in [-0.3, -0.25) is 0 Å². The molecular formula is C27H48O4. The van der Waals surface area contributed by atoms with E-state index in [9.17, 15) is 20.4 Å². The Morgan fingerprint density at radius 2 is 1.48 bits per heavy atom. The van der Waals surface area contributed by atoms with Crippen LogP contribution >= 0.6 is 0 Å². The summed E-state index contributed by atoms with van der Waals surface area (Å²) in [6.07, 6.45) is 7.36. The summed E-state index contributed by atoms with van der Waals surface area (Å²) in [6, 6.07) is 0. The molecule has 4 nitrogen and oxygen atoms in total. The lowest BCUT2D eigenvalue weighted by molar-refractivity contribution is -0.181. The van der Waals surface area contributed by atoms with Gasteiger partial charge >= 0.3 is 0 Å². The summed E-state index contributed by atoms with van der Waals surface area (Å²) >= 11 is 0. The highest BCUT2D eigenvalue weighted by molar-refractivity contribution is 5.13. The van der Waals surface area contributed by atoms with Crippen LogP contribution in [0.25, 0.3) is 0 Å². The molecule has 4 N–H and O–H groups in total. The molecule has 4 heteroatoms. The second-order valence-corrected chi connectivity index (χ2v) is 13.0. The highest BCUT2D eigenvalue weighted by Crippen LogP contribution is 2.68. The summed E-state index contributed by atoms with van der Waals surface area (Å²) < 4.78 is 0. The zero-order valence-electron chi connectivity index (χ0n) is 20.5. The average Bonchev–Trinajstić information content (AvgIpc) is 2.98. The molecule has 0 saturated heterocycles. The van der Waals surface area contributed by atoms with Crippen molar-refractivity contribution in [3.05, 3.63) is 0 Å². The molecule has 180 valence electrons. The molecule has 4 fully saturated rings. The van der Waals surface area contributed by atoms with E-state index < -0.39 is 0 Å². The summed E-state index contributed by atoms with van der Waals surface area (Å²) in [5.41, 5.74) is 0.216. The van der Waals surface area contributed by atoms with Crippen molar-refractivity contribution in [3.63, 3.8) is 0 Å². The van der Waals surface area contributed by atoms with E-state index >= 15 is 0 Å². The standard InChI is InChI=1S/C27H48O4/c1-15(2)22(29)7-6-16(3)20-14-24(31)25-18-13-23(30)21-12-17(28)8-10-26(21,4)19(18)9-11-27(20,25)5/h15-25,28-31H,6-14H2,1-5H3/t16-,17+,18-,19?,20?,21?,22+,23+,24?,25?,26-,27-/m1/s1. The molecule has 5 unspecified atom stereocenters. The van der Waals surface area contributed by atoms with Gasteiger partial charge in [0.15, 0.2) is 0 Å². The fourth-order valence-electron chi connectivity index (χ4n) is 9.24. The summed E-state index contributed by atoms with van der Waals surface area (Å²) in [5, 5.41) is 43.1. The Labute approximate surface area is 189 Å². The van der Waals surface area contributed by atoms with Crippen molar-refractivity contribution in [1.29, 1.82) is 0 Å². The zero-order valence-corrected chi connectivity index (χ0v) is 20.5. The SMILES string of the molecule is CC(C)[C@@H](O)CC[C@@H](C)C1CC(O)C2[C@@H]3C[C@H](O)C4C[C@@H](O)CC[C@]4(C)C3CC[C@@]21C. The monoisotopic (exact) mass is 436 g/mol. The highest BCUT2D eigenvalue weighted by atomic mass is 16.3. The largest absolute Gasteiger partial charge is 0.393 e. The number of hydrogen-bond acceptors (Lipinski definition) is 4. The Hall–Kier alpha value is -0.160. The van der Waals surface area contributed by atoms with Gasteiger partial charge in [-0.25, -0.2) is 0 Å². The Bertz CT molecular complexity index is 637. The second kappa shape index (κ2) is 8.56. The minimum absolute atomic E-state index is 0.0910. The first-order valence-corrected chi connectivity index (χ1v) is 13.2. The molecule has 31 heavy (non-hydrogen) atoms. The molecule has 0 aromatic carbocycles. The van der Waals surface area contributed by atoms with Crippen molar-refractivity contribution >= 4 is 0 Å². The van der Waals surface area contributed by atoms with Gasteiger partial charge in [-0.15, -0.1) is 0 Å². The van der Waals surface area contributed by atoms with Crippen LogP contribution in [0.1, 0.15) is 92.4 Å². The third-order valence-electron chi connectivity index (χ3n) is 11.1. The topological polar surface area (TPSA) is 80.9 Å². The van der Waals surface area contributed by atoms with Crippen molar-refractivity contribution in [1.82, 2.24) is 0 Å². The Morgan fingerprint density at radius 1 is 0.806 bits per heavy atom. The van der Waals surface area contributed by atoms with E-state index in [1.165, 1.54) is 12.8 Å². The van der Waals surface area contributed by atoms with Gasteiger partial charge in [0.25, 0.3) is 0 Å². The van der Waals surface area contributed by atoms with Gasteiger partial charge in [-0.05, 0) is 110 Å². The first kappa shape index (κ1) is 24.0. The van der Waals surface area contributed by atoms with Gasteiger partial charge in [0, 0.05) is 0 Å². The van der Waals surface area contributed by atoms with Crippen molar-refractivity contribution in [2.45, 2.75) is 117 Å². The molecule has 0 aromatic rings. The third kappa shape index (κ3) is 3.92. The van der Waals surface area contributed by atoms with Crippen LogP contribution in [0.2, 0.25) is 0 Å². The molecule has 4 aliphatic carbocycles. The lowest BCUT2D eigenvalue weighted by Gasteiger charge is -2.62. The summed E-state index contributed by atoms with van der Waals surface area (Å²) in [7, 11) is 0. The first-order valence-electron chi connectivity index (χ1n) is 13.2. The van der Waals surface area contributed by atoms with E-state index in [1.54, 1.807) is 0 Å². The molecule has 0 bridgehead atoms. The van der Waals surface area contributed by atoms with Crippen LogP contribution in [0, 0.1) is 52.3 Å². The molecule has 4 aliphatic rings. The fraction of sp³-hybridized carbons (Fsp3) is 1.00. The van der Waals surface area contributed by atoms with Crippen LogP contribution in [-0.2, 0) is 0 Å². The molecule has 0 amide bonds. The predicted molar refractivity (Wildman–Crippen MR) is 123 cm³/mol. The van der Waals surface area contributed by atoms with Crippen LogP contribution in [-0.4, -0.2) is 44.8 Å². The van der Waals surface area contributed by atoms with Crippen LogP contribution in [0.4, 0.5) is 0 Å². The highest BCUT2D eigenvalue weighted by Gasteiger charge is 2.64. The molecule has 0 aliphatic heterocycles. The Morgan fingerprint density at radius 3 is 2.16 bits per heavy atom. The average molecular weight is 437 g/mol. The third-order valence-corrected chi connectivity index (χ3v) is 11.1. The van der Waals surface area contributed by atoms with Gasteiger partial charge in [0.2, 0.25) is 0 Å². The van der Waals surface area contributed by atoms with E-state index in [1.807, 2.05) is 0 Å². The first-order chi connectivity index (χ1) is 14.5. The van der Waals surface area contributed by atoms with Gasteiger partial charge in [-0.1, -0.05) is 34.6 Å². The predicted octanol–water partition coefficient (Wildman–Crippen LogP) is 4.38.